The van der Waals surface area contributed by atoms with Crippen molar-refractivity contribution in [2.45, 2.75) is 6.54 Å². The van der Waals surface area contributed by atoms with Crippen molar-refractivity contribution in [2.24, 2.45) is 0 Å². The molecule has 0 aliphatic rings. The quantitative estimate of drug-likeness (QED) is 0.908. The lowest BCUT2D eigenvalue weighted by atomic mass is 10.2. The monoisotopic (exact) mass is 295 g/mol. The Morgan fingerprint density at radius 1 is 1.11 bits per heavy atom. The minimum absolute atomic E-state index is 0.155. The molecule has 2 aromatic rings. The number of amides is 1. The van der Waals surface area contributed by atoms with E-state index >= 15 is 0 Å². The number of hydrogen-bond acceptors (Lipinski definition) is 2. The standard InChI is InChI=1S/C14H11Cl2NO2/c15-11-5-2-6-12(16)13(11)14(19)17-8-9-3-1-4-10(18)7-9/h1-7,18H,8H2,(H,17,19). The summed E-state index contributed by atoms with van der Waals surface area (Å²) < 4.78 is 0. The van der Waals surface area contributed by atoms with Gasteiger partial charge in [-0.05, 0) is 29.8 Å². The smallest absolute Gasteiger partial charge is 0.254 e. The SMILES string of the molecule is O=C(NCc1cccc(O)c1)c1c(Cl)cccc1Cl. The molecule has 0 saturated heterocycles. The van der Waals surface area contributed by atoms with Crippen molar-refractivity contribution >= 4 is 29.1 Å². The van der Waals surface area contributed by atoms with Gasteiger partial charge in [0, 0.05) is 6.54 Å². The number of rotatable bonds is 3. The second-order valence-corrected chi connectivity index (χ2v) is 4.76. The van der Waals surface area contributed by atoms with Crippen LogP contribution in [0.15, 0.2) is 42.5 Å². The Bertz CT molecular complexity index is 594. The number of nitrogens with one attached hydrogen (secondary N) is 1. The van der Waals surface area contributed by atoms with Crippen LogP contribution in [0.2, 0.25) is 10.0 Å². The molecule has 5 heteroatoms. The van der Waals surface area contributed by atoms with Crippen molar-refractivity contribution in [2.75, 3.05) is 0 Å². The second-order valence-electron chi connectivity index (χ2n) is 3.95. The molecular formula is C14H11Cl2NO2. The Kier molecular flexibility index (Phi) is 4.30. The molecule has 0 heterocycles. The molecule has 0 atom stereocenters. The third-order valence-electron chi connectivity index (χ3n) is 2.55. The van der Waals surface area contributed by atoms with Gasteiger partial charge in [0.15, 0.2) is 0 Å². The van der Waals surface area contributed by atoms with Crippen LogP contribution in [0.25, 0.3) is 0 Å². The van der Waals surface area contributed by atoms with Gasteiger partial charge in [-0.3, -0.25) is 4.79 Å². The van der Waals surface area contributed by atoms with E-state index in [1.54, 1.807) is 42.5 Å². The summed E-state index contributed by atoms with van der Waals surface area (Å²) in [5.74, 6) is -0.193. The van der Waals surface area contributed by atoms with Crippen LogP contribution in [-0.4, -0.2) is 11.0 Å². The van der Waals surface area contributed by atoms with E-state index in [-0.39, 0.29) is 23.8 Å². The van der Waals surface area contributed by atoms with Crippen molar-refractivity contribution in [3.8, 4) is 5.75 Å². The predicted octanol–water partition coefficient (Wildman–Crippen LogP) is 3.63. The molecule has 3 nitrogen and oxygen atoms in total. The molecule has 2 aromatic carbocycles. The molecule has 0 fully saturated rings. The number of halogens is 2. The van der Waals surface area contributed by atoms with Gasteiger partial charge in [-0.2, -0.15) is 0 Å². The van der Waals surface area contributed by atoms with E-state index in [1.165, 1.54) is 0 Å². The maximum absolute atomic E-state index is 12.0. The highest BCUT2D eigenvalue weighted by molar-refractivity contribution is 6.39. The number of phenols is 1. The number of carbonyl (C=O) groups is 1. The fourth-order valence-electron chi connectivity index (χ4n) is 1.65. The molecule has 19 heavy (non-hydrogen) atoms. The van der Waals surface area contributed by atoms with Gasteiger partial charge in [-0.1, -0.05) is 41.4 Å². The van der Waals surface area contributed by atoms with Gasteiger partial charge < -0.3 is 10.4 Å². The van der Waals surface area contributed by atoms with Crippen molar-refractivity contribution in [3.05, 3.63) is 63.6 Å². The highest BCUT2D eigenvalue weighted by Crippen LogP contribution is 2.24. The fourth-order valence-corrected chi connectivity index (χ4v) is 2.22. The van der Waals surface area contributed by atoms with Crippen LogP contribution in [0.4, 0.5) is 0 Å². The molecule has 1 amide bonds. The molecule has 0 bridgehead atoms. The largest absolute Gasteiger partial charge is 0.508 e. The molecule has 2 rings (SSSR count). The first-order chi connectivity index (χ1) is 9.08. The summed E-state index contributed by atoms with van der Waals surface area (Å²) in [6.45, 7) is 0.286. The zero-order valence-electron chi connectivity index (χ0n) is 9.86. The summed E-state index contributed by atoms with van der Waals surface area (Å²) in [5, 5.41) is 12.6. The maximum Gasteiger partial charge on any atom is 0.254 e. The molecule has 0 aromatic heterocycles. The van der Waals surface area contributed by atoms with Gasteiger partial charge in [-0.15, -0.1) is 0 Å². The van der Waals surface area contributed by atoms with E-state index in [9.17, 15) is 9.90 Å². The minimum atomic E-state index is -0.348. The van der Waals surface area contributed by atoms with Crippen LogP contribution in [0.1, 0.15) is 15.9 Å². The molecule has 2 N–H and O–H groups in total. The molecule has 0 saturated carbocycles. The third kappa shape index (κ3) is 3.40. The Morgan fingerprint density at radius 2 is 1.74 bits per heavy atom. The van der Waals surface area contributed by atoms with Crippen LogP contribution in [0.3, 0.4) is 0 Å². The van der Waals surface area contributed by atoms with Crippen molar-refractivity contribution < 1.29 is 9.90 Å². The van der Waals surface area contributed by atoms with Crippen LogP contribution in [-0.2, 0) is 6.54 Å². The van der Waals surface area contributed by atoms with Crippen molar-refractivity contribution in [1.82, 2.24) is 5.32 Å². The van der Waals surface area contributed by atoms with Crippen LogP contribution < -0.4 is 5.32 Å². The van der Waals surface area contributed by atoms with Crippen molar-refractivity contribution in [3.63, 3.8) is 0 Å². The van der Waals surface area contributed by atoms with E-state index < -0.39 is 0 Å². The zero-order valence-corrected chi connectivity index (χ0v) is 11.4. The first kappa shape index (κ1) is 13.7. The second kappa shape index (κ2) is 5.95. The van der Waals surface area contributed by atoms with E-state index in [0.717, 1.165) is 5.56 Å². The van der Waals surface area contributed by atoms with Gasteiger partial charge in [0.2, 0.25) is 0 Å². The topological polar surface area (TPSA) is 49.3 Å². The lowest BCUT2D eigenvalue weighted by molar-refractivity contribution is 0.0951. The van der Waals surface area contributed by atoms with E-state index in [4.69, 9.17) is 23.2 Å². The summed E-state index contributed by atoms with van der Waals surface area (Å²) >= 11 is 11.9. The third-order valence-corrected chi connectivity index (χ3v) is 3.18. The van der Waals surface area contributed by atoms with Crippen LogP contribution in [0.5, 0.6) is 5.75 Å². The lowest BCUT2D eigenvalue weighted by Crippen LogP contribution is -2.23. The first-order valence-corrected chi connectivity index (χ1v) is 6.33. The number of phenolic OH excluding ortho intramolecular Hbond substituents is 1. The Labute approximate surface area is 120 Å². The Balaban J connectivity index is 2.10. The normalized spacial score (nSPS) is 10.2. The predicted molar refractivity (Wildman–Crippen MR) is 75.7 cm³/mol. The first-order valence-electron chi connectivity index (χ1n) is 5.58. The van der Waals surface area contributed by atoms with E-state index in [0.29, 0.717) is 10.0 Å². The van der Waals surface area contributed by atoms with Gasteiger partial charge in [0.25, 0.3) is 5.91 Å². The average molecular weight is 296 g/mol. The van der Waals surface area contributed by atoms with Crippen molar-refractivity contribution in [1.29, 1.82) is 0 Å². The molecule has 0 aliphatic carbocycles. The number of hydrogen-bond donors (Lipinski definition) is 2. The van der Waals surface area contributed by atoms with E-state index in [1.807, 2.05) is 0 Å². The van der Waals surface area contributed by atoms with Gasteiger partial charge in [0.1, 0.15) is 5.75 Å². The van der Waals surface area contributed by atoms with Gasteiger partial charge in [0.05, 0.1) is 15.6 Å². The summed E-state index contributed by atoms with van der Waals surface area (Å²) in [7, 11) is 0. The summed E-state index contributed by atoms with van der Waals surface area (Å²) in [5.41, 5.74) is 1.04. The van der Waals surface area contributed by atoms with Gasteiger partial charge in [-0.25, -0.2) is 0 Å². The molecule has 0 unspecified atom stereocenters. The van der Waals surface area contributed by atoms with Crippen LogP contribution in [0, 0.1) is 0 Å². The number of benzene rings is 2. The summed E-state index contributed by atoms with van der Waals surface area (Å²) in [6, 6.07) is 11.5. The minimum Gasteiger partial charge on any atom is -0.508 e. The lowest BCUT2D eigenvalue weighted by Gasteiger charge is -2.08. The Morgan fingerprint density at radius 3 is 2.37 bits per heavy atom. The van der Waals surface area contributed by atoms with Gasteiger partial charge >= 0.3 is 0 Å². The highest BCUT2D eigenvalue weighted by Gasteiger charge is 2.13. The Hall–Kier alpha value is -1.71. The maximum atomic E-state index is 12.0. The summed E-state index contributed by atoms with van der Waals surface area (Å²) in [4.78, 5) is 12.0. The zero-order chi connectivity index (χ0) is 13.8. The van der Waals surface area contributed by atoms with E-state index in [2.05, 4.69) is 5.32 Å². The molecule has 0 aliphatic heterocycles. The number of carbonyl (C=O) groups excluding carboxylic acids is 1. The van der Waals surface area contributed by atoms with Crippen LogP contribution >= 0.6 is 23.2 Å². The molecule has 98 valence electrons. The molecule has 0 spiro atoms. The average Bonchev–Trinajstić information content (AvgIpc) is 2.36. The fraction of sp³-hybridized carbons (Fsp3) is 0.0714. The molecular weight excluding hydrogens is 285 g/mol. The number of aromatic hydroxyl groups is 1. The highest BCUT2D eigenvalue weighted by atomic mass is 35.5. The summed E-state index contributed by atoms with van der Waals surface area (Å²) in [6.07, 6.45) is 0. The molecule has 0 radical (unpaired) electrons.